The zero-order valence-corrected chi connectivity index (χ0v) is 8.51. The van der Waals surface area contributed by atoms with Crippen molar-refractivity contribution in [1.29, 1.82) is 0 Å². The Kier molecular flexibility index (Phi) is 2.17. The van der Waals surface area contributed by atoms with Gasteiger partial charge in [-0.3, -0.25) is 4.99 Å². The Morgan fingerprint density at radius 1 is 1.50 bits per heavy atom. The van der Waals surface area contributed by atoms with E-state index in [2.05, 4.69) is 16.3 Å². The van der Waals surface area contributed by atoms with Crippen LogP contribution in [0.5, 0.6) is 0 Å². The van der Waals surface area contributed by atoms with E-state index >= 15 is 0 Å². The lowest BCUT2D eigenvalue weighted by Crippen LogP contribution is -2.18. The van der Waals surface area contributed by atoms with E-state index in [9.17, 15) is 4.79 Å². The van der Waals surface area contributed by atoms with Crippen LogP contribution in [-0.2, 0) is 9.53 Å². The Hall–Kier alpha value is -1.12. The summed E-state index contributed by atoms with van der Waals surface area (Å²) in [6, 6.07) is 0. The number of nitrogens with zero attached hydrogens (tertiary/aromatic N) is 1. The first-order valence-electron chi connectivity index (χ1n) is 4.99. The van der Waals surface area contributed by atoms with Crippen LogP contribution in [0.3, 0.4) is 0 Å². The molecule has 0 amide bonds. The van der Waals surface area contributed by atoms with E-state index in [-0.39, 0.29) is 11.5 Å². The molecule has 0 saturated heterocycles. The average molecular weight is 193 g/mol. The number of rotatable bonds is 1. The first-order chi connectivity index (χ1) is 6.65. The lowest BCUT2D eigenvalue weighted by Gasteiger charge is -2.17. The van der Waals surface area contributed by atoms with Crippen LogP contribution < -0.4 is 0 Å². The van der Waals surface area contributed by atoms with Crippen LogP contribution in [0, 0.1) is 0 Å². The van der Waals surface area contributed by atoms with Crippen LogP contribution >= 0.6 is 0 Å². The van der Waals surface area contributed by atoms with Crippen molar-refractivity contribution in [2.75, 3.05) is 7.11 Å². The molecular weight excluding hydrogens is 178 g/mol. The van der Waals surface area contributed by atoms with E-state index in [1.165, 1.54) is 12.7 Å². The highest BCUT2D eigenvalue weighted by atomic mass is 16.5. The van der Waals surface area contributed by atoms with Gasteiger partial charge in [-0.2, -0.15) is 0 Å². The number of ether oxygens (including phenoxy) is 1. The lowest BCUT2D eigenvalue weighted by molar-refractivity contribution is -0.132. The second kappa shape index (κ2) is 3.23. The van der Waals surface area contributed by atoms with Crippen molar-refractivity contribution in [3.63, 3.8) is 0 Å². The number of carbonyl (C=O) groups excluding carboxylic acids is 1. The number of hydrogen-bond donors (Lipinski definition) is 0. The molecule has 0 N–H and O–H groups in total. The molecule has 1 heterocycles. The normalized spacial score (nSPS) is 30.9. The quantitative estimate of drug-likeness (QED) is 0.471. The summed E-state index contributed by atoms with van der Waals surface area (Å²) < 4.78 is 4.67. The third-order valence-electron chi connectivity index (χ3n) is 3.14. The Morgan fingerprint density at radius 2 is 2.21 bits per heavy atom. The number of methoxy groups -OCH3 is 1. The number of hydrogen-bond acceptors (Lipinski definition) is 3. The van der Waals surface area contributed by atoms with E-state index in [0.717, 1.165) is 32.1 Å². The second-order valence-corrected chi connectivity index (χ2v) is 4.20. The maximum atomic E-state index is 11.3. The standard InChI is InChI=1S/C11H15NO2/c1-8-3-5-11(7-8)6-4-9(12-11)10(13)14-2/h1,3-7H2,2H3. The fraction of sp³-hybridized carbons (Fsp3) is 0.636. The molecule has 76 valence electrons. The maximum Gasteiger partial charge on any atom is 0.351 e. The summed E-state index contributed by atoms with van der Waals surface area (Å²) in [5, 5.41) is 0. The summed E-state index contributed by atoms with van der Waals surface area (Å²) in [6.45, 7) is 3.98. The van der Waals surface area contributed by atoms with Crippen LogP contribution in [0.25, 0.3) is 0 Å². The van der Waals surface area contributed by atoms with Gasteiger partial charge in [0.05, 0.1) is 12.6 Å². The van der Waals surface area contributed by atoms with E-state index < -0.39 is 0 Å². The fourth-order valence-corrected chi connectivity index (χ4v) is 2.38. The van der Waals surface area contributed by atoms with E-state index in [4.69, 9.17) is 0 Å². The van der Waals surface area contributed by atoms with Gasteiger partial charge in [-0.25, -0.2) is 4.79 Å². The van der Waals surface area contributed by atoms with Gasteiger partial charge in [0.2, 0.25) is 0 Å². The largest absolute Gasteiger partial charge is 0.465 e. The molecule has 2 aliphatic rings. The molecule has 1 aliphatic heterocycles. The molecule has 1 atom stereocenters. The minimum atomic E-state index is -0.264. The average Bonchev–Trinajstić information content (AvgIpc) is 2.74. The van der Waals surface area contributed by atoms with Crippen molar-refractivity contribution in [3.05, 3.63) is 12.2 Å². The molecule has 14 heavy (non-hydrogen) atoms. The molecule has 3 heteroatoms. The summed E-state index contributed by atoms with van der Waals surface area (Å²) in [7, 11) is 1.41. The Labute approximate surface area is 83.9 Å². The fourth-order valence-electron chi connectivity index (χ4n) is 2.38. The molecule has 0 radical (unpaired) electrons. The van der Waals surface area contributed by atoms with Crippen molar-refractivity contribution in [2.45, 2.75) is 37.6 Å². The van der Waals surface area contributed by atoms with Crippen LogP contribution in [0.2, 0.25) is 0 Å². The molecule has 0 aromatic rings. The van der Waals surface area contributed by atoms with Gasteiger partial charge in [0.1, 0.15) is 5.71 Å². The highest BCUT2D eigenvalue weighted by Crippen LogP contribution is 2.43. The van der Waals surface area contributed by atoms with Gasteiger partial charge in [-0.05, 0) is 32.1 Å². The minimum absolute atomic E-state index is 0.000602. The highest BCUT2D eigenvalue weighted by Gasteiger charge is 2.40. The van der Waals surface area contributed by atoms with Crippen molar-refractivity contribution in [2.24, 2.45) is 4.99 Å². The molecule has 1 fully saturated rings. The van der Waals surface area contributed by atoms with Gasteiger partial charge >= 0.3 is 5.97 Å². The Balaban J connectivity index is 2.15. The molecule has 2 rings (SSSR count). The molecule has 0 aromatic carbocycles. The third kappa shape index (κ3) is 1.47. The Bertz CT molecular complexity index is 319. The van der Waals surface area contributed by atoms with Crippen LogP contribution in [0.15, 0.2) is 17.1 Å². The molecule has 1 unspecified atom stereocenters. The third-order valence-corrected chi connectivity index (χ3v) is 3.14. The molecular formula is C11H15NO2. The smallest absolute Gasteiger partial charge is 0.351 e. The van der Waals surface area contributed by atoms with Crippen molar-refractivity contribution in [3.8, 4) is 0 Å². The number of aliphatic imine (C=N–C) groups is 1. The second-order valence-electron chi connectivity index (χ2n) is 4.20. The maximum absolute atomic E-state index is 11.3. The van der Waals surface area contributed by atoms with Crippen LogP contribution in [0.1, 0.15) is 32.1 Å². The van der Waals surface area contributed by atoms with Gasteiger partial charge in [0.15, 0.2) is 0 Å². The molecule has 1 spiro atoms. The van der Waals surface area contributed by atoms with Gasteiger partial charge in [-0.15, -0.1) is 0 Å². The lowest BCUT2D eigenvalue weighted by atomic mass is 9.95. The SMILES string of the molecule is C=C1CCC2(CCC(C(=O)OC)=N2)C1. The summed E-state index contributed by atoms with van der Waals surface area (Å²) in [5.41, 5.74) is 1.88. The molecule has 0 aromatic heterocycles. The van der Waals surface area contributed by atoms with Crippen LogP contribution in [0.4, 0.5) is 0 Å². The number of esters is 1. The van der Waals surface area contributed by atoms with Crippen molar-refractivity contribution in [1.82, 2.24) is 0 Å². The van der Waals surface area contributed by atoms with E-state index in [0.29, 0.717) is 5.71 Å². The van der Waals surface area contributed by atoms with Gasteiger partial charge in [0, 0.05) is 0 Å². The van der Waals surface area contributed by atoms with Gasteiger partial charge in [-0.1, -0.05) is 12.2 Å². The predicted octanol–water partition coefficient (Wildman–Crippen LogP) is 1.87. The molecule has 0 bridgehead atoms. The van der Waals surface area contributed by atoms with Crippen molar-refractivity contribution >= 4 is 11.7 Å². The first kappa shape index (κ1) is 9.44. The van der Waals surface area contributed by atoms with E-state index in [1.807, 2.05) is 0 Å². The van der Waals surface area contributed by atoms with Crippen molar-refractivity contribution < 1.29 is 9.53 Å². The summed E-state index contributed by atoms with van der Waals surface area (Å²) in [4.78, 5) is 15.8. The predicted molar refractivity (Wildman–Crippen MR) is 54.4 cm³/mol. The first-order valence-corrected chi connectivity index (χ1v) is 4.99. The van der Waals surface area contributed by atoms with E-state index in [1.54, 1.807) is 0 Å². The summed E-state index contributed by atoms with van der Waals surface area (Å²) >= 11 is 0. The number of carbonyl (C=O) groups is 1. The Morgan fingerprint density at radius 3 is 2.79 bits per heavy atom. The summed E-state index contributed by atoms with van der Waals surface area (Å²) in [5.74, 6) is -0.264. The topological polar surface area (TPSA) is 38.7 Å². The molecule has 3 nitrogen and oxygen atoms in total. The zero-order valence-electron chi connectivity index (χ0n) is 8.51. The zero-order chi connectivity index (χ0) is 10.2. The highest BCUT2D eigenvalue weighted by molar-refractivity contribution is 6.37. The molecule has 1 aliphatic carbocycles. The van der Waals surface area contributed by atoms with Crippen LogP contribution in [-0.4, -0.2) is 24.3 Å². The minimum Gasteiger partial charge on any atom is -0.465 e. The van der Waals surface area contributed by atoms with Gasteiger partial charge in [0.25, 0.3) is 0 Å². The van der Waals surface area contributed by atoms with Gasteiger partial charge < -0.3 is 4.74 Å². The monoisotopic (exact) mass is 193 g/mol. The molecule has 1 saturated carbocycles. The summed E-state index contributed by atoms with van der Waals surface area (Å²) in [6.07, 6.45) is 4.80.